The van der Waals surface area contributed by atoms with Crippen LogP contribution in [0.15, 0.2) is 9.72 Å². The summed E-state index contributed by atoms with van der Waals surface area (Å²) >= 11 is 3.04. The monoisotopic (exact) mass is 413 g/mol. The molecular weight excluding hydrogens is 386 g/mol. The molecule has 0 saturated carbocycles. The Labute approximate surface area is 167 Å². The largest absolute Gasteiger partial charge is 0.388 e. The van der Waals surface area contributed by atoms with Crippen LogP contribution in [0, 0.1) is 6.92 Å². The SMILES string of the molecule is CC(=O)N[C@@]1(C)CC2(CCN(C(=O)CSc3nc(C)cs3)CC2)OC[C@@H]1O. The third-order valence-corrected chi connectivity index (χ3v) is 7.50. The van der Waals surface area contributed by atoms with Gasteiger partial charge in [0.05, 0.1) is 23.5 Å². The Balaban J connectivity index is 1.54. The smallest absolute Gasteiger partial charge is 0.233 e. The normalized spacial score (nSPS) is 27.6. The number of nitrogens with one attached hydrogen (secondary N) is 1. The van der Waals surface area contributed by atoms with E-state index in [9.17, 15) is 14.7 Å². The van der Waals surface area contributed by atoms with Crippen LogP contribution in [0.25, 0.3) is 0 Å². The van der Waals surface area contributed by atoms with Gasteiger partial charge in [-0.1, -0.05) is 11.8 Å². The molecule has 9 heteroatoms. The van der Waals surface area contributed by atoms with Crippen LogP contribution in [0.2, 0.25) is 0 Å². The van der Waals surface area contributed by atoms with Crippen molar-refractivity contribution in [1.29, 1.82) is 0 Å². The zero-order valence-electron chi connectivity index (χ0n) is 16.0. The summed E-state index contributed by atoms with van der Waals surface area (Å²) in [5.41, 5.74) is -0.115. The molecule has 0 radical (unpaired) electrons. The first kappa shape index (κ1) is 20.6. The summed E-state index contributed by atoms with van der Waals surface area (Å²) < 4.78 is 6.92. The van der Waals surface area contributed by atoms with E-state index in [1.807, 2.05) is 24.1 Å². The molecule has 0 aromatic carbocycles. The molecule has 27 heavy (non-hydrogen) atoms. The number of aryl methyl sites for hydroxylation is 1. The predicted octanol–water partition coefficient (Wildman–Crippen LogP) is 1.58. The van der Waals surface area contributed by atoms with Crippen LogP contribution in [0.1, 0.15) is 38.8 Å². The number of aromatic nitrogens is 1. The molecule has 1 aromatic heterocycles. The van der Waals surface area contributed by atoms with Crippen LogP contribution < -0.4 is 5.32 Å². The van der Waals surface area contributed by atoms with E-state index in [0.717, 1.165) is 10.0 Å². The van der Waals surface area contributed by atoms with Crippen molar-refractivity contribution in [2.45, 2.75) is 61.6 Å². The van der Waals surface area contributed by atoms with Crippen LogP contribution in [0.4, 0.5) is 0 Å². The Hall–Kier alpha value is -1.16. The molecule has 2 fully saturated rings. The minimum atomic E-state index is -0.732. The maximum atomic E-state index is 12.5. The average molecular weight is 414 g/mol. The minimum Gasteiger partial charge on any atom is -0.388 e. The van der Waals surface area contributed by atoms with Crippen molar-refractivity contribution in [3.8, 4) is 0 Å². The van der Waals surface area contributed by atoms with E-state index in [2.05, 4.69) is 10.3 Å². The van der Waals surface area contributed by atoms with E-state index >= 15 is 0 Å². The molecular formula is C18H27N3O4S2. The molecule has 0 bridgehead atoms. The summed E-state index contributed by atoms with van der Waals surface area (Å²) in [5, 5.41) is 15.2. The first-order valence-corrected chi connectivity index (χ1v) is 11.0. The van der Waals surface area contributed by atoms with E-state index in [-0.39, 0.29) is 18.4 Å². The molecule has 3 rings (SSSR count). The molecule has 3 heterocycles. The van der Waals surface area contributed by atoms with Crippen LogP contribution in [0.5, 0.6) is 0 Å². The summed E-state index contributed by atoms with van der Waals surface area (Å²) in [7, 11) is 0. The predicted molar refractivity (Wildman–Crippen MR) is 105 cm³/mol. The van der Waals surface area contributed by atoms with Gasteiger partial charge in [-0.15, -0.1) is 11.3 Å². The number of amides is 2. The average Bonchev–Trinajstić information content (AvgIpc) is 3.02. The second-order valence-corrected chi connectivity index (χ2v) is 9.79. The fourth-order valence-corrected chi connectivity index (χ4v) is 5.66. The Bertz CT molecular complexity index is 703. The van der Waals surface area contributed by atoms with Gasteiger partial charge in [0.1, 0.15) is 6.10 Å². The van der Waals surface area contributed by atoms with E-state index in [1.54, 1.807) is 11.3 Å². The van der Waals surface area contributed by atoms with Crippen LogP contribution in [0.3, 0.4) is 0 Å². The van der Waals surface area contributed by atoms with Crippen LogP contribution in [-0.4, -0.2) is 69.5 Å². The van der Waals surface area contributed by atoms with Crippen molar-refractivity contribution in [3.63, 3.8) is 0 Å². The summed E-state index contributed by atoms with van der Waals surface area (Å²) in [5.74, 6) is 0.349. The molecule has 0 aliphatic carbocycles. The molecule has 1 aromatic rings. The summed E-state index contributed by atoms with van der Waals surface area (Å²) in [6.45, 7) is 6.73. The topological polar surface area (TPSA) is 91.8 Å². The minimum absolute atomic E-state index is 0.114. The third-order valence-electron chi connectivity index (χ3n) is 5.38. The quantitative estimate of drug-likeness (QED) is 0.728. The van der Waals surface area contributed by atoms with Crippen LogP contribution in [-0.2, 0) is 14.3 Å². The lowest BCUT2D eigenvalue weighted by Crippen LogP contribution is -2.65. The molecule has 0 unspecified atom stereocenters. The number of thiazole rings is 1. The highest BCUT2D eigenvalue weighted by Crippen LogP contribution is 2.39. The number of carbonyl (C=O) groups excluding carboxylic acids is 2. The standard InChI is InChI=1S/C18H27N3O4S2/c1-12-9-26-16(19-12)27-10-15(24)21-6-4-18(5-7-21)11-17(3,20-13(2)22)14(23)8-25-18/h9,14,23H,4-8,10-11H2,1-3H3,(H,20,22)/t14-,17-/m0/s1. The number of piperidine rings is 1. The number of aliphatic hydroxyl groups is 1. The second-order valence-electron chi connectivity index (χ2n) is 7.71. The molecule has 2 aliphatic rings. The Morgan fingerprint density at radius 1 is 1.48 bits per heavy atom. The number of thioether (sulfide) groups is 1. The van der Waals surface area contributed by atoms with Gasteiger partial charge in [-0.05, 0) is 26.7 Å². The lowest BCUT2D eigenvalue weighted by Gasteiger charge is -2.51. The lowest BCUT2D eigenvalue weighted by atomic mass is 9.74. The highest BCUT2D eigenvalue weighted by molar-refractivity contribution is 8.01. The number of hydrogen-bond donors (Lipinski definition) is 2. The van der Waals surface area contributed by atoms with Crippen molar-refractivity contribution in [2.24, 2.45) is 0 Å². The third kappa shape index (κ3) is 4.82. The zero-order chi connectivity index (χ0) is 19.7. The maximum absolute atomic E-state index is 12.5. The first-order chi connectivity index (χ1) is 12.7. The Morgan fingerprint density at radius 2 is 2.19 bits per heavy atom. The van der Waals surface area contributed by atoms with Gasteiger partial charge in [0.25, 0.3) is 0 Å². The van der Waals surface area contributed by atoms with E-state index in [1.165, 1.54) is 18.7 Å². The maximum Gasteiger partial charge on any atom is 0.233 e. The van der Waals surface area contributed by atoms with Crippen molar-refractivity contribution >= 4 is 34.9 Å². The van der Waals surface area contributed by atoms with Gasteiger partial charge in [-0.2, -0.15) is 0 Å². The number of likely N-dealkylation sites (tertiary alicyclic amines) is 1. The van der Waals surface area contributed by atoms with Gasteiger partial charge in [0, 0.05) is 37.5 Å². The highest BCUT2D eigenvalue weighted by atomic mass is 32.2. The van der Waals surface area contributed by atoms with E-state index in [0.29, 0.717) is 38.1 Å². The summed E-state index contributed by atoms with van der Waals surface area (Å²) in [4.78, 5) is 30.3. The molecule has 7 nitrogen and oxygen atoms in total. The van der Waals surface area contributed by atoms with Gasteiger partial charge in [0.2, 0.25) is 11.8 Å². The Morgan fingerprint density at radius 3 is 2.78 bits per heavy atom. The highest BCUT2D eigenvalue weighted by Gasteiger charge is 2.50. The zero-order valence-corrected chi connectivity index (χ0v) is 17.6. The Kier molecular flexibility index (Phi) is 6.14. The van der Waals surface area contributed by atoms with Gasteiger partial charge in [0.15, 0.2) is 4.34 Å². The number of hydrogen-bond acceptors (Lipinski definition) is 7. The number of rotatable bonds is 4. The number of aliphatic hydroxyl groups excluding tert-OH is 1. The molecule has 2 aliphatic heterocycles. The lowest BCUT2D eigenvalue weighted by molar-refractivity contribution is -0.182. The number of ether oxygens (including phenoxy) is 1. The van der Waals surface area contributed by atoms with Crippen molar-refractivity contribution in [3.05, 3.63) is 11.1 Å². The summed E-state index contributed by atoms with van der Waals surface area (Å²) in [6, 6.07) is 0. The molecule has 150 valence electrons. The molecule has 2 saturated heterocycles. The fraction of sp³-hybridized carbons (Fsp3) is 0.722. The van der Waals surface area contributed by atoms with Crippen molar-refractivity contribution in [2.75, 3.05) is 25.4 Å². The molecule has 2 N–H and O–H groups in total. The van der Waals surface area contributed by atoms with Gasteiger partial charge in [-0.25, -0.2) is 4.98 Å². The molecule has 1 spiro atoms. The van der Waals surface area contributed by atoms with Gasteiger partial charge in [-0.3, -0.25) is 9.59 Å². The number of nitrogens with zero attached hydrogens (tertiary/aromatic N) is 2. The molecule has 2 atom stereocenters. The van der Waals surface area contributed by atoms with Crippen LogP contribution >= 0.6 is 23.1 Å². The first-order valence-electron chi connectivity index (χ1n) is 9.15. The van der Waals surface area contributed by atoms with E-state index in [4.69, 9.17) is 4.74 Å². The number of carbonyl (C=O) groups is 2. The van der Waals surface area contributed by atoms with Gasteiger partial charge < -0.3 is 20.1 Å². The second kappa shape index (κ2) is 8.06. The van der Waals surface area contributed by atoms with Crippen molar-refractivity contribution in [1.82, 2.24) is 15.2 Å². The van der Waals surface area contributed by atoms with Gasteiger partial charge >= 0.3 is 0 Å². The van der Waals surface area contributed by atoms with Crippen molar-refractivity contribution < 1.29 is 19.4 Å². The molecule has 2 amide bonds. The van der Waals surface area contributed by atoms with E-state index < -0.39 is 17.2 Å². The fourth-order valence-electron chi connectivity index (χ4n) is 3.91. The summed E-state index contributed by atoms with van der Waals surface area (Å²) in [6.07, 6.45) is 1.24.